The summed E-state index contributed by atoms with van der Waals surface area (Å²) in [6, 6.07) is -0.105. The minimum absolute atomic E-state index is 0.105. The molecule has 0 radical (unpaired) electrons. The molecule has 1 aliphatic carbocycles. The van der Waals surface area contributed by atoms with E-state index < -0.39 is 11.5 Å². The van der Waals surface area contributed by atoms with Crippen LogP contribution in [0.15, 0.2) is 0 Å². The lowest BCUT2D eigenvalue weighted by Gasteiger charge is -2.22. The molecule has 1 aliphatic rings. The highest BCUT2D eigenvalue weighted by molar-refractivity contribution is 6.30. The normalized spacial score (nSPS) is 30.5. The average molecular weight is 220 g/mol. The summed E-state index contributed by atoms with van der Waals surface area (Å²) < 4.78 is 0. The summed E-state index contributed by atoms with van der Waals surface area (Å²) in [7, 11) is 0. The summed E-state index contributed by atoms with van der Waals surface area (Å²) in [5.74, 6) is -0.183. The van der Waals surface area contributed by atoms with Gasteiger partial charge in [-0.05, 0) is 19.8 Å². The maximum Gasteiger partial charge on any atom is 0.238 e. The Kier molecular flexibility index (Phi) is 4.69. The van der Waals surface area contributed by atoms with Crippen LogP contribution in [0.25, 0.3) is 0 Å². The Morgan fingerprint density at radius 3 is 2.71 bits per heavy atom. The molecule has 2 N–H and O–H groups in total. The molecule has 3 nitrogen and oxygen atoms in total. The van der Waals surface area contributed by atoms with Gasteiger partial charge in [-0.15, -0.1) is 11.6 Å². The SMILES string of the molecule is CC(Cl)C(=O)NC1CCCCCC1O. The van der Waals surface area contributed by atoms with Crippen molar-refractivity contribution in [2.45, 2.75) is 56.6 Å². The van der Waals surface area contributed by atoms with Crippen LogP contribution in [-0.4, -0.2) is 28.5 Å². The van der Waals surface area contributed by atoms with Crippen molar-refractivity contribution in [2.75, 3.05) is 0 Å². The Labute approximate surface area is 89.8 Å². The van der Waals surface area contributed by atoms with E-state index in [1.807, 2.05) is 0 Å². The Morgan fingerprint density at radius 1 is 1.43 bits per heavy atom. The first-order valence-corrected chi connectivity index (χ1v) is 5.67. The predicted molar refractivity (Wildman–Crippen MR) is 56.3 cm³/mol. The van der Waals surface area contributed by atoms with Crippen LogP contribution in [0.2, 0.25) is 0 Å². The van der Waals surface area contributed by atoms with Crippen LogP contribution in [0, 0.1) is 0 Å². The van der Waals surface area contributed by atoms with E-state index in [-0.39, 0.29) is 11.9 Å². The monoisotopic (exact) mass is 219 g/mol. The van der Waals surface area contributed by atoms with E-state index in [9.17, 15) is 9.90 Å². The Bertz CT molecular complexity index is 197. The molecule has 3 atom stereocenters. The molecule has 1 saturated carbocycles. The fourth-order valence-corrected chi connectivity index (χ4v) is 1.82. The standard InChI is InChI=1S/C10H18ClNO2/c1-7(11)10(14)12-8-5-3-2-4-6-9(8)13/h7-9,13H,2-6H2,1H3,(H,12,14). The largest absolute Gasteiger partial charge is 0.391 e. The van der Waals surface area contributed by atoms with Crippen molar-refractivity contribution < 1.29 is 9.90 Å². The number of nitrogens with one attached hydrogen (secondary N) is 1. The van der Waals surface area contributed by atoms with Crippen molar-refractivity contribution in [3.05, 3.63) is 0 Å². The molecular weight excluding hydrogens is 202 g/mol. The molecule has 0 aromatic carbocycles. The summed E-state index contributed by atoms with van der Waals surface area (Å²) in [5, 5.41) is 12.0. The molecular formula is C10H18ClNO2. The minimum atomic E-state index is -0.523. The summed E-state index contributed by atoms with van der Waals surface area (Å²) in [4.78, 5) is 11.3. The summed E-state index contributed by atoms with van der Waals surface area (Å²) in [5.41, 5.74) is 0. The first-order chi connectivity index (χ1) is 6.61. The predicted octanol–water partition coefficient (Wildman–Crippen LogP) is 1.42. The van der Waals surface area contributed by atoms with Crippen molar-refractivity contribution in [3.63, 3.8) is 0 Å². The molecule has 14 heavy (non-hydrogen) atoms. The van der Waals surface area contributed by atoms with Gasteiger partial charge in [-0.25, -0.2) is 0 Å². The van der Waals surface area contributed by atoms with Crippen LogP contribution in [0.3, 0.4) is 0 Å². The highest BCUT2D eigenvalue weighted by Gasteiger charge is 2.24. The molecule has 0 aliphatic heterocycles. The Balaban J connectivity index is 2.44. The van der Waals surface area contributed by atoms with Crippen LogP contribution in [0.5, 0.6) is 0 Å². The van der Waals surface area contributed by atoms with Crippen molar-refractivity contribution >= 4 is 17.5 Å². The molecule has 0 heterocycles. The number of rotatable bonds is 2. The Hall–Kier alpha value is -0.280. The van der Waals surface area contributed by atoms with Gasteiger partial charge in [0, 0.05) is 0 Å². The van der Waals surface area contributed by atoms with Crippen molar-refractivity contribution in [1.82, 2.24) is 5.32 Å². The minimum Gasteiger partial charge on any atom is -0.391 e. The maximum atomic E-state index is 11.3. The van der Waals surface area contributed by atoms with Gasteiger partial charge in [-0.1, -0.05) is 19.3 Å². The number of aliphatic hydroxyl groups is 1. The number of halogens is 1. The van der Waals surface area contributed by atoms with E-state index in [4.69, 9.17) is 11.6 Å². The molecule has 0 saturated heterocycles. The Morgan fingerprint density at radius 2 is 2.07 bits per heavy atom. The van der Waals surface area contributed by atoms with E-state index >= 15 is 0 Å². The van der Waals surface area contributed by atoms with Crippen LogP contribution >= 0.6 is 11.6 Å². The molecule has 1 rings (SSSR count). The maximum absolute atomic E-state index is 11.3. The van der Waals surface area contributed by atoms with Gasteiger partial charge in [0.2, 0.25) is 5.91 Å². The van der Waals surface area contributed by atoms with Crippen LogP contribution in [-0.2, 0) is 4.79 Å². The molecule has 0 aromatic heterocycles. The number of alkyl halides is 1. The first kappa shape index (κ1) is 11.8. The van der Waals surface area contributed by atoms with E-state index in [1.165, 1.54) is 0 Å². The van der Waals surface area contributed by atoms with E-state index in [2.05, 4.69) is 5.32 Å². The van der Waals surface area contributed by atoms with Gasteiger partial charge in [0.25, 0.3) is 0 Å². The quantitative estimate of drug-likeness (QED) is 0.545. The lowest BCUT2D eigenvalue weighted by atomic mass is 10.1. The fourth-order valence-electron chi connectivity index (χ4n) is 1.75. The number of hydrogen-bond acceptors (Lipinski definition) is 2. The van der Waals surface area contributed by atoms with Crippen molar-refractivity contribution in [1.29, 1.82) is 0 Å². The lowest BCUT2D eigenvalue weighted by molar-refractivity contribution is -0.122. The van der Waals surface area contributed by atoms with Crippen LogP contribution in [0.4, 0.5) is 0 Å². The highest BCUT2D eigenvalue weighted by Crippen LogP contribution is 2.18. The van der Waals surface area contributed by atoms with E-state index in [0.29, 0.717) is 0 Å². The zero-order valence-electron chi connectivity index (χ0n) is 8.50. The molecule has 82 valence electrons. The van der Waals surface area contributed by atoms with Gasteiger partial charge in [0.15, 0.2) is 0 Å². The van der Waals surface area contributed by atoms with E-state index in [1.54, 1.807) is 6.92 Å². The molecule has 3 unspecified atom stereocenters. The first-order valence-electron chi connectivity index (χ1n) is 5.24. The van der Waals surface area contributed by atoms with Gasteiger partial charge in [-0.3, -0.25) is 4.79 Å². The second kappa shape index (κ2) is 5.56. The topological polar surface area (TPSA) is 49.3 Å². The second-order valence-electron chi connectivity index (χ2n) is 3.94. The van der Waals surface area contributed by atoms with E-state index in [0.717, 1.165) is 32.1 Å². The third-order valence-electron chi connectivity index (χ3n) is 2.67. The van der Waals surface area contributed by atoms with Crippen LogP contribution < -0.4 is 5.32 Å². The number of amides is 1. The lowest BCUT2D eigenvalue weighted by Crippen LogP contribution is -2.45. The molecule has 0 aromatic rings. The molecule has 1 amide bonds. The highest BCUT2D eigenvalue weighted by atomic mass is 35.5. The van der Waals surface area contributed by atoms with Gasteiger partial charge >= 0.3 is 0 Å². The smallest absolute Gasteiger partial charge is 0.238 e. The summed E-state index contributed by atoms with van der Waals surface area (Å²) >= 11 is 5.64. The van der Waals surface area contributed by atoms with Crippen LogP contribution in [0.1, 0.15) is 39.0 Å². The van der Waals surface area contributed by atoms with Crippen molar-refractivity contribution in [3.8, 4) is 0 Å². The summed E-state index contributed by atoms with van der Waals surface area (Å²) in [6.07, 6.45) is 4.48. The zero-order chi connectivity index (χ0) is 10.6. The molecule has 0 spiro atoms. The third kappa shape index (κ3) is 3.46. The second-order valence-corrected chi connectivity index (χ2v) is 4.59. The number of carbonyl (C=O) groups excluding carboxylic acids is 1. The number of carbonyl (C=O) groups is 1. The van der Waals surface area contributed by atoms with Crippen molar-refractivity contribution in [2.24, 2.45) is 0 Å². The summed E-state index contributed by atoms with van der Waals surface area (Å²) in [6.45, 7) is 1.64. The number of aliphatic hydroxyl groups excluding tert-OH is 1. The molecule has 4 heteroatoms. The fraction of sp³-hybridized carbons (Fsp3) is 0.900. The van der Waals surface area contributed by atoms with Gasteiger partial charge in [-0.2, -0.15) is 0 Å². The van der Waals surface area contributed by atoms with Gasteiger partial charge in [0.1, 0.15) is 5.38 Å². The third-order valence-corrected chi connectivity index (χ3v) is 2.87. The average Bonchev–Trinajstić information content (AvgIpc) is 2.32. The van der Waals surface area contributed by atoms with Gasteiger partial charge < -0.3 is 10.4 Å². The van der Waals surface area contributed by atoms with Gasteiger partial charge in [0.05, 0.1) is 12.1 Å². The molecule has 1 fully saturated rings. The zero-order valence-corrected chi connectivity index (χ0v) is 9.26. The molecule has 0 bridgehead atoms. The number of hydrogen-bond donors (Lipinski definition) is 2.